The first-order valence-corrected chi connectivity index (χ1v) is 9.84. The van der Waals surface area contributed by atoms with Crippen molar-refractivity contribution in [2.24, 2.45) is 11.5 Å². The Bertz CT molecular complexity index is 868. The van der Waals surface area contributed by atoms with Gasteiger partial charge in [-0.25, -0.2) is 0 Å². The lowest BCUT2D eigenvalue weighted by atomic mass is 10.00. The summed E-state index contributed by atoms with van der Waals surface area (Å²) < 4.78 is 1.05. The molecule has 1 aromatic heterocycles. The van der Waals surface area contributed by atoms with Gasteiger partial charge in [0.1, 0.15) is 5.75 Å². The molecule has 1 aromatic carbocycles. The first kappa shape index (κ1) is 18.6. The van der Waals surface area contributed by atoms with Crippen LogP contribution in [0.25, 0.3) is 15.8 Å². The highest BCUT2D eigenvalue weighted by Crippen LogP contribution is 2.35. The van der Waals surface area contributed by atoms with Gasteiger partial charge >= 0.3 is 0 Å². The van der Waals surface area contributed by atoms with Crippen LogP contribution in [0.15, 0.2) is 40.5 Å². The van der Waals surface area contributed by atoms with E-state index in [2.05, 4.69) is 17.3 Å². The molecule has 1 saturated heterocycles. The summed E-state index contributed by atoms with van der Waals surface area (Å²) in [5, 5.41) is 16.8. The average molecular weight is 373 g/mol. The fourth-order valence-corrected chi connectivity index (χ4v) is 4.25. The Kier molecular flexibility index (Phi) is 5.44. The lowest BCUT2D eigenvalue weighted by Gasteiger charge is -2.31. The number of nitrogens with one attached hydrogen (secondary N) is 1. The van der Waals surface area contributed by atoms with Gasteiger partial charge in [-0.05, 0) is 75.0 Å². The van der Waals surface area contributed by atoms with E-state index in [0.29, 0.717) is 23.1 Å². The molecule has 2 aromatic rings. The number of fused-ring (bicyclic) bond motifs is 1. The summed E-state index contributed by atoms with van der Waals surface area (Å²) in [4.78, 5) is 2.31. The Balaban J connectivity index is 1.88. The summed E-state index contributed by atoms with van der Waals surface area (Å²) in [6.45, 7) is 6.04. The third-order valence-electron chi connectivity index (χ3n) is 5.25. The number of hydrogen-bond donors (Lipinski definition) is 4. The monoisotopic (exact) mass is 372 g/mol. The van der Waals surface area contributed by atoms with Crippen molar-refractivity contribution in [1.29, 1.82) is 0 Å². The van der Waals surface area contributed by atoms with Gasteiger partial charge in [0.05, 0.1) is 5.82 Å². The molecule has 26 heavy (non-hydrogen) atoms. The number of piperidine rings is 1. The van der Waals surface area contributed by atoms with Gasteiger partial charge in [-0.3, -0.25) is 0 Å². The molecule has 1 fully saturated rings. The molecule has 0 saturated carbocycles. The molecule has 1 atom stereocenters. The van der Waals surface area contributed by atoms with Crippen molar-refractivity contribution in [2.45, 2.75) is 32.7 Å². The van der Waals surface area contributed by atoms with E-state index in [9.17, 15) is 5.11 Å². The maximum Gasteiger partial charge on any atom is 0.133 e. The number of nitrogens with zero attached hydrogens (tertiary/aromatic N) is 1. The third-order valence-corrected chi connectivity index (χ3v) is 6.13. The fraction of sp³-hybridized carbons (Fsp3) is 0.400. The van der Waals surface area contributed by atoms with Crippen LogP contribution < -0.4 is 16.8 Å². The molecule has 140 valence electrons. The Morgan fingerprint density at radius 2 is 2.00 bits per heavy atom. The molecular weight excluding hydrogens is 344 g/mol. The standard InChI is InChI=1S/C20H28N4OS/c1-12(13(2)20(22)23-14-5-4-9-24(3)11-14)18(21)16-6-7-17-15(19(16)25)8-10-26-17/h6-8,10,14,23,25H,4-5,9,11,21-22H2,1-3H3/b18-12-,20-13+. The third kappa shape index (κ3) is 3.66. The number of phenols is 1. The second-order valence-corrected chi connectivity index (χ2v) is 8.06. The number of hydrogen-bond acceptors (Lipinski definition) is 6. The highest BCUT2D eigenvalue weighted by molar-refractivity contribution is 7.17. The van der Waals surface area contributed by atoms with Crippen molar-refractivity contribution in [3.8, 4) is 5.75 Å². The smallest absolute Gasteiger partial charge is 0.133 e. The number of aromatic hydroxyl groups is 1. The molecule has 1 aliphatic heterocycles. The molecule has 5 nitrogen and oxygen atoms in total. The van der Waals surface area contributed by atoms with Crippen LogP contribution in [-0.2, 0) is 0 Å². The summed E-state index contributed by atoms with van der Waals surface area (Å²) in [5.41, 5.74) is 15.7. The van der Waals surface area contributed by atoms with Crippen molar-refractivity contribution >= 4 is 27.1 Å². The van der Waals surface area contributed by atoms with Gasteiger partial charge in [-0.2, -0.15) is 0 Å². The Labute approximate surface area is 159 Å². The van der Waals surface area contributed by atoms with Gasteiger partial charge in [-0.1, -0.05) is 0 Å². The number of likely N-dealkylation sites (tertiary alicyclic amines) is 1. The molecule has 6 heteroatoms. The van der Waals surface area contributed by atoms with Gasteiger partial charge in [-0.15, -0.1) is 11.3 Å². The second-order valence-electron chi connectivity index (χ2n) is 7.12. The number of allylic oxidation sites excluding steroid dienone is 2. The van der Waals surface area contributed by atoms with E-state index < -0.39 is 0 Å². The summed E-state index contributed by atoms with van der Waals surface area (Å²) in [6, 6.07) is 6.14. The van der Waals surface area contributed by atoms with E-state index in [1.165, 1.54) is 6.42 Å². The van der Waals surface area contributed by atoms with Crippen LogP contribution in [0.2, 0.25) is 0 Å². The minimum absolute atomic E-state index is 0.230. The van der Waals surface area contributed by atoms with E-state index in [0.717, 1.165) is 40.7 Å². The summed E-state index contributed by atoms with van der Waals surface area (Å²) in [6.07, 6.45) is 2.29. The number of benzene rings is 1. The molecule has 2 heterocycles. The molecule has 3 rings (SSSR count). The number of phenolic OH excluding ortho intramolecular Hbond substituents is 1. The largest absolute Gasteiger partial charge is 0.507 e. The molecule has 0 radical (unpaired) electrons. The predicted molar refractivity (Wildman–Crippen MR) is 111 cm³/mol. The summed E-state index contributed by atoms with van der Waals surface area (Å²) >= 11 is 1.60. The molecule has 0 aliphatic carbocycles. The highest BCUT2D eigenvalue weighted by atomic mass is 32.1. The maximum atomic E-state index is 10.6. The topological polar surface area (TPSA) is 87.5 Å². The Morgan fingerprint density at radius 1 is 1.23 bits per heavy atom. The van der Waals surface area contributed by atoms with Crippen LogP contribution in [0.1, 0.15) is 32.3 Å². The molecule has 1 aliphatic rings. The van der Waals surface area contributed by atoms with Crippen LogP contribution in [0, 0.1) is 0 Å². The lowest BCUT2D eigenvalue weighted by molar-refractivity contribution is 0.234. The number of rotatable bonds is 4. The minimum atomic E-state index is 0.230. The van der Waals surface area contributed by atoms with Gasteiger partial charge in [0.2, 0.25) is 0 Å². The number of thiophene rings is 1. The van der Waals surface area contributed by atoms with E-state index in [-0.39, 0.29) is 5.75 Å². The number of likely N-dealkylation sites (N-methyl/N-ethyl adjacent to an activating group) is 1. The maximum absolute atomic E-state index is 10.6. The SMILES string of the molecule is CC(=C(/N)c1ccc2sccc2c1O)/C(C)=C(\N)NC1CCCN(C)C1. The van der Waals surface area contributed by atoms with Gasteiger partial charge < -0.3 is 26.8 Å². The molecular formula is C20H28N4OS. The molecule has 6 N–H and O–H groups in total. The van der Waals surface area contributed by atoms with Crippen LogP contribution >= 0.6 is 11.3 Å². The van der Waals surface area contributed by atoms with Crippen molar-refractivity contribution in [2.75, 3.05) is 20.1 Å². The van der Waals surface area contributed by atoms with Crippen LogP contribution in [0.5, 0.6) is 5.75 Å². The molecule has 1 unspecified atom stereocenters. The van der Waals surface area contributed by atoms with Crippen LogP contribution in [-0.4, -0.2) is 36.2 Å². The molecule has 0 spiro atoms. The van der Waals surface area contributed by atoms with E-state index in [1.807, 2.05) is 37.4 Å². The quantitative estimate of drug-likeness (QED) is 0.619. The molecule has 0 bridgehead atoms. The highest BCUT2D eigenvalue weighted by Gasteiger charge is 2.18. The first-order chi connectivity index (χ1) is 12.4. The zero-order valence-corrected chi connectivity index (χ0v) is 16.5. The van der Waals surface area contributed by atoms with Gasteiger partial charge in [0.25, 0.3) is 0 Å². The lowest BCUT2D eigenvalue weighted by Crippen LogP contribution is -2.45. The van der Waals surface area contributed by atoms with Crippen LogP contribution in [0.3, 0.4) is 0 Å². The zero-order chi connectivity index (χ0) is 18.8. The predicted octanol–water partition coefficient (Wildman–Crippen LogP) is 3.17. The van der Waals surface area contributed by atoms with Gasteiger partial charge in [0, 0.05) is 33.9 Å². The van der Waals surface area contributed by atoms with Crippen molar-refractivity contribution < 1.29 is 5.11 Å². The van der Waals surface area contributed by atoms with E-state index >= 15 is 0 Å². The summed E-state index contributed by atoms with van der Waals surface area (Å²) in [5.74, 6) is 0.885. The van der Waals surface area contributed by atoms with Crippen molar-refractivity contribution in [1.82, 2.24) is 10.2 Å². The number of nitrogens with two attached hydrogens (primary N) is 2. The fourth-order valence-electron chi connectivity index (χ4n) is 3.46. The van der Waals surface area contributed by atoms with Gasteiger partial charge in [0.15, 0.2) is 0 Å². The van der Waals surface area contributed by atoms with E-state index in [4.69, 9.17) is 11.5 Å². The zero-order valence-electron chi connectivity index (χ0n) is 15.7. The minimum Gasteiger partial charge on any atom is -0.507 e. The second kappa shape index (κ2) is 7.60. The normalized spacial score (nSPS) is 20.7. The van der Waals surface area contributed by atoms with Crippen LogP contribution in [0.4, 0.5) is 0 Å². The Hall–Kier alpha value is -2.18. The summed E-state index contributed by atoms with van der Waals surface area (Å²) in [7, 11) is 2.13. The first-order valence-electron chi connectivity index (χ1n) is 8.96. The van der Waals surface area contributed by atoms with Crippen molar-refractivity contribution in [3.05, 3.63) is 46.1 Å². The molecule has 0 amide bonds. The Morgan fingerprint density at radius 3 is 2.73 bits per heavy atom. The van der Waals surface area contributed by atoms with Crippen molar-refractivity contribution in [3.63, 3.8) is 0 Å². The van der Waals surface area contributed by atoms with E-state index in [1.54, 1.807) is 11.3 Å². The average Bonchev–Trinajstić information content (AvgIpc) is 3.10.